The van der Waals surface area contributed by atoms with Gasteiger partial charge in [0.2, 0.25) is 5.91 Å². The van der Waals surface area contributed by atoms with Crippen molar-refractivity contribution in [3.63, 3.8) is 0 Å². The fraction of sp³-hybridized carbons (Fsp3) is 0.478. The molecule has 0 spiro atoms. The minimum absolute atomic E-state index is 0.0350. The van der Waals surface area contributed by atoms with Crippen LogP contribution in [0.3, 0.4) is 0 Å². The van der Waals surface area contributed by atoms with E-state index in [2.05, 4.69) is 10.3 Å². The van der Waals surface area contributed by atoms with E-state index in [1.54, 1.807) is 19.2 Å². The third-order valence-corrected chi connectivity index (χ3v) is 5.80. The smallest absolute Gasteiger partial charge is 0.330 e. The van der Waals surface area contributed by atoms with Gasteiger partial charge < -0.3 is 20.9 Å². The van der Waals surface area contributed by atoms with Crippen LogP contribution in [0.1, 0.15) is 48.5 Å². The lowest BCUT2D eigenvalue weighted by atomic mass is 10.1. The molecule has 1 fully saturated rings. The highest BCUT2D eigenvalue weighted by molar-refractivity contribution is 5.94. The van der Waals surface area contributed by atoms with E-state index < -0.39 is 11.2 Å². The first kappa shape index (κ1) is 24.1. The molecule has 0 saturated carbocycles. The highest BCUT2D eigenvalue weighted by atomic mass is 16.2. The Balaban J connectivity index is 1.59. The van der Waals surface area contributed by atoms with Crippen molar-refractivity contribution < 1.29 is 9.59 Å². The number of likely N-dealkylation sites (tertiary alicyclic amines) is 1. The van der Waals surface area contributed by atoms with Crippen LogP contribution >= 0.6 is 0 Å². The van der Waals surface area contributed by atoms with E-state index >= 15 is 0 Å². The number of carbonyl (C=O) groups excluding carboxylic acids is 2. The van der Waals surface area contributed by atoms with Gasteiger partial charge in [-0.2, -0.15) is 0 Å². The van der Waals surface area contributed by atoms with Gasteiger partial charge in [-0.25, -0.2) is 4.79 Å². The number of nitrogens with two attached hydrogens (primary N) is 1. The number of rotatable bonds is 9. The molecule has 0 aliphatic carbocycles. The molecule has 0 radical (unpaired) electrons. The Labute approximate surface area is 192 Å². The maximum atomic E-state index is 12.5. The predicted octanol–water partition coefficient (Wildman–Crippen LogP) is 0.908. The van der Waals surface area contributed by atoms with Crippen molar-refractivity contribution in [2.75, 3.05) is 37.3 Å². The average molecular weight is 457 g/mol. The molecule has 10 heteroatoms. The van der Waals surface area contributed by atoms with Crippen LogP contribution in [0, 0.1) is 0 Å². The van der Waals surface area contributed by atoms with Gasteiger partial charge in [-0.3, -0.25) is 23.9 Å². The molecule has 2 amide bonds. The molecule has 3 rings (SSSR count). The fourth-order valence-electron chi connectivity index (χ4n) is 3.90. The maximum Gasteiger partial charge on any atom is 0.330 e. The van der Waals surface area contributed by atoms with Crippen molar-refractivity contribution >= 4 is 23.3 Å². The van der Waals surface area contributed by atoms with Gasteiger partial charge in [0.05, 0.1) is 6.54 Å². The van der Waals surface area contributed by atoms with Gasteiger partial charge >= 0.3 is 5.69 Å². The first-order valence-electron chi connectivity index (χ1n) is 11.3. The minimum atomic E-state index is -0.626. The molecule has 178 valence electrons. The zero-order chi connectivity index (χ0) is 24.0. The number of hydrogen-bond acceptors (Lipinski definition) is 6. The number of nitrogens with one attached hydrogen (secondary N) is 2. The van der Waals surface area contributed by atoms with E-state index in [0.717, 1.165) is 44.3 Å². The van der Waals surface area contributed by atoms with Gasteiger partial charge in [0, 0.05) is 38.8 Å². The number of anilines is 2. The first-order valence-corrected chi connectivity index (χ1v) is 11.3. The van der Waals surface area contributed by atoms with E-state index in [1.807, 2.05) is 24.0 Å². The Kier molecular flexibility index (Phi) is 7.92. The fourth-order valence-corrected chi connectivity index (χ4v) is 3.90. The summed E-state index contributed by atoms with van der Waals surface area (Å²) in [5, 5.41) is 2.81. The second kappa shape index (κ2) is 10.8. The number of nitrogen functional groups attached to an aromatic ring is 1. The minimum Gasteiger partial charge on any atom is -0.383 e. The van der Waals surface area contributed by atoms with Crippen LogP contribution in [0.25, 0.3) is 0 Å². The summed E-state index contributed by atoms with van der Waals surface area (Å²) in [7, 11) is 1.58. The van der Waals surface area contributed by atoms with Gasteiger partial charge in [0.15, 0.2) is 0 Å². The molecule has 1 aliphatic rings. The van der Waals surface area contributed by atoms with Crippen molar-refractivity contribution in [1.29, 1.82) is 0 Å². The summed E-state index contributed by atoms with van der Waals surface area (Å²) in [6.07, 6.45) is 3.69. The lowest BCUT2D eigenvalue weighted by molar-refractivity contribution is -0.119. The van der Waals surface area contributed by atoms with Crippen LogP contribution in [0.2, 0.25) is 0 Å². The summed E-state index contributed by atoms with van der Waals surface area (Å²) >= 11 is 0. The zero-order valence-corrected chi connectivity index (χ0v) is 19.2. The lowest BCUT2D eigenvalue weighted by Gasteiger charge is -2.21. The van der Waals surface area contributed by atoms with Crippen LogP contribution in [-0.2, 0) is 17.9 Å². The number of unbranched alkanes of at least 4 members (excludes halogenated alkanes) is 1. The Hall–Kier alpha value is -3.56. The van der Waals surface area contributed by atoms with Crippen LogP contribution in [-0.4, -0.2) is 52.9 Å². The molecule has 1 aromatic heterocycles. The molecule has 2 aromatic rings. The predicted molar refractivity (Wildman–Crippen MR) is 127 cm³/mol. The number of hydrogen-bond donors (Lipinski definition) is 3. The first-order chi connectivity index (χ1) is 15.8. The van der Waals surface area contributed by atoms with Crippen LogP contribution in [0.5, 0.6) is 0 Å². The summed E-state index contributed by atoms with van der Waals surface area (Å²) < 4.78 is 1.32. The van der Waals surface area contributed by atoms with E-state index in [-0.39, 0.29) is 36.4 Å². The van der Waals surface area contributed by atoms with Gasteiger partial charge in [-0.1, -0.05) is 25.5 Å². The lowest BCUT2D eigenvalue weighted by Crippen LogP contribution is -2.41. The maximum absolute atomic E-state index is 12.5. The number of nitrogens with zero attached hydrogens (tertiary/aromatic N) is 3. The zero-order valence-electron chi connectivity index (χ0n) is 19.2. The molecule has 0 bridgehead atoms. The van der Waals surface area contributed by atoms with Crippen molar-refractivity contribution in [2.24, 2.45) is 0 Å². The molecule has 4 N–H and O–H groups in total. The molecule has 0 atom stereocenters. The van der Waals surface area contributed by atoms with Gasteiger partial charge in [0.1, 0.15) is 11.5 Å². The molecule has 1 aromatic carbocycles. The SMILES string of the molecule is CCCCn1c(N)c(N(C)CC(=O)NCc2ccc(C(=O)N3CCCC3)cc2)c(=O)[nH]c1=O. The number of benzene rings is 1. The van der Waals surface area contributed by atoms with Crippen molar-refractivity contribution in [2.45, 2.75) is 45.7 Å². The van der Waals surface area contributed by atoms with Crippen LogP contribution < -0.4 is 27.2 Å². The molecular weight excluding hydrogens is 424 g/mol. The summed E-state index contributed by atoms with van der Waals surface area (Å²) in [6, 6.07) is 7.18. The van der Waals surface area contributed by atoms with E-state index in [0.29, 0.717) is 12.1 Å². The standard InChI is InChI=1S/C23H32N6O4/c1-3-4-13-29-20(24)19(21(31)26-23(29)33)27(2)15-18(30)25-14-16-7-9-17(10-8-16)22(32)28-11-5-6-12-28/h7-10H,3-6,11-15,24H2,1-2H3,(H,25,30)(H,26,31,33). The molecular formula is C23H32N6O4. The number of aromatic amines is 1. The quantitative estimate of drug-likeness (QED) is 0.514. The number of aromatic nitrogens is 2. The van der Waals surface area contributed by atoms with Crippen molar-refractivity contribution in [1.82, 2.24) is 19.8 Å². The van der Waals surface area contributed by atoms with E-state index in [1.165, 1.54) is 9.47 Å². The summed E-state index contributed by atoms with van der Waals surface area (Å²) in [6.45, 7) is 4.16. The molecule has 1 aliphatic heterocycles. The van der Waals surface area contributed by atoms with Gasteiger partial charge in [-0.15, -0.1) is 0 Å². The van der Waals surface area contributed by atoms with E-state index in [4.69, 9.17) is 5.73 Å². The Morgan fingerprint density at radius 1 is 1.15 bits per heavy atom. The Morgan fingerprint density at radius 2 is 1.82 bits per heavy atom. The molecule has 1 saturated heterocycles. The third-order valence-electron chi connectivity index (χ3n) is 5.80. The Bertz CT molecular complexity index is 1100. The normalized spacial score (nSPS) is 13.2. The van der Waals surface area contributed by atoms with Gasteiger partial charge in [-0.05, 0) is 37.0 Å². The second-order valence-electron chi connectivity index (χ2n) is 8.33. The summed E-state index contributed by atoms with van der Waals surface area (Å²) in [4.78, 5) is 54.8. The monoisotopic (exact) mass is 456 g/mol. The van der Waals surface area contributed by atoms with Crippen LogP contribution in [0.15, 0.2) is 33.9 Å². The summed E-state index contributed by atoms with van der Waals surface area (Å²) in [5.74, 6) is -0.224. The van der Waals surface area contributed by atoms with Crippen molar-refractivity contribution in [3.8, 4) is 0 Å². The third kappa shape index (κ3) is 5.82. The molecule has 2 heterocycles. The number of carbonyl (C=O) groups is 2. The molecule has 10 nitrogen and oxygen atoms in total. The van der Waals surface area contributed by atoms with Gasteiger partial charge in [0.25, 0.3) is 11.5 Å². The summed E-state index contributed by atoms with van der Waals surface area (Å²) in [5.41, 5.74) is 6.49. The van der Waals surface area contributed by atoms with Crippen LogP contribution in [0.4, 0.5) is 11.5 Å². The average Bonchev–Trinajstić information content (AvgIpc) is 3.32. The highest BCUT2D eigenvalue weighted by Gasteiger charge is 2.20. The molecule has 0 unspecified atom stereocenters. The largest absolute Gasteiger partial charge is 0.383 e. The topological polar surface area (TPSA) is 134 Å². The highest BCUT2D eigenvalue weighted by Crippen LogP contribution is 2.16. The van der Waals surface area contributed by atoms with Crippen molar-refractivity contribution in [3.05, 3.63) is 56.2 Å². The molecule has 33 heavy (non-hydrogen) atoms. The van der Waals surface area contributed by atoms with E-state index in [9.17, 15) is 19.2 Å². The number of amides is 2. The number of likely N-dealkylation sites (N-methyl/N-ethyl adjacent to an activating group) is 1. The number of H-pyrrole nitrogens is 1. The second-order valence-corrected chi connectivity index (χ2v) is 8.33. The Morgan fingerprint density at radius 3 is 2.45 bits per heavy atom.